The minimum absolute atomic E-state index is 0.136. The molecular weight excluding hydrogens is 242 g/mol. The highest BCUT2D eigenvalue weighted by atomic mass is 16.5. The molecule has 2 aromatic rings. The lowest BCUT2D eigenvalue weighted by Gasteiger charge is -2.11. The fourth-order valence-corrected chi connectivity index (χ4v) is 2.29. The second-order valence-corrected chi connectivity index (χ2v) is 4.86. The van der Waals surface area contributed by atoms with Crippen LogP contribution in [0.15, 0.2) is 28.8 Å². The number of hydrogen-bond acceptors (Lipinski definition) is 5. The van der Waals surface area contributed by atoms with E-state index in [9.17, 15) is 0 Å². The van der Waals surface area contributed by atoms with Crippen molar-refractivity contribution in [3.63, 3.8) is 0 Å². The van der Waals surface area contributed by atoms with Crippen LogP contribution in [0, 0.1) is 6.92 Å². The maximum Gasteiger partial charge on any atom is 0.234 e. The molecule has 1 aromatic carbocycles. The minimum atomic E-state index is 0.136. The maximum atomic E-state index is 5.46. The van der Waals surface area contributed by atoms with Gasteiger partial charge in [0.2, 0.25) is 11.7 Å². The maximum absolute atomic E-state index is 5.46. The van der Waals surface area contributed by atoms with Gasteiger partial charge < -0.3 is 14.6 Å². The molecule has 1 aromatic heterocycles. The second-order valence-electron chi connectivity index (χ2n) is 4.86. The van der Waals surface area contributed by atoms with Crippen LogP contribution in [-0.2, 0) is 4.74 Å². The molecule has 1 N–H and O–H groups in total. The second kappa shape index (κ2) is 5.11. The molecule has 100 valence electrons. The highest BCUT2D eigenvalue weighted by molar-refractivity contribution is 5.54. The number of aromatic nitrogens is 2. The van der Waals surface area contributed by atoms with Crippen molar-refractivity contribution in [2.75, 3.05) is 20.3 Å². The molecule has 1 fully saturated rings. The summed E-state index contributed by atoms with van der Waals surface area (Å²) in [5, 5.41) is 7.28. The molecule has 5 heteroatoms. The van der Waals surface area contributed by atoms with Gasteiger partial charge >= 0.3 is 0 Å². The lowest BCUT2D eigenvalue weighted by atomic mass is 10.0. The van der Waals surface area contributed by atoms with Crippen molar-refractivity contribution in [2.45, 2.75) is 18.9 Å². The summed E-state index contributed by atoms with van der Waals surface area (Å²) in [5.41, 5.74) is 2.19. The zero-order valence-corrected chi connectivity index (χ0v) is 11.1. The van der Waals surface area contributed by atoms with Gasteiger partial charge in [-0.2, -0.15) is 4.98 Å². The molecule has 2 atom stereocenters. The molecule has 2 heterocycles. The predicted molar refractivity (Wildman–Crippen MR) is 70.9 cm³/mol. The van der Waals surface area contributed by atoms with E-state index >= 15 is 0 Å². The van der Waals surface area contributed by atoms with Crippen LogP contribution in [0.4, 0.5) is 0 Å². The molecule has 0 spiro atoms. The fourth-order valence-electron chi connectivity index (χ4n) is 2.29. The average Bonchev–Trinajstić information content (AvgIpc) is 3.07. The lowest BCUT2D eigenvalue weighted by molar-refractivity contribution is 0.185. The number of nitrogens with one attached hydrogen (secondary N) is 1. The number of aryl methyl sites for hydroxylation is 1. The normalized spacial score (nSPS) is 22.8. The molecule has 0 bridgehead atoms. The molecule has 1 aliphatic rings. The fraction of sp³-hybridized carbons (Fsp3) is 0.429. The van der Waals surface area contributed by atoms with Crippen LogP contribution < -0.4 is 5.32 Å². The van der Waals surface area contributed by atoms with Crippen LogP contribution in [-0.4, -0.2) is 36.4 Å². The molecule has 1 saturated heterocycles. The Hall–Kier alpha value is -1.72. The predicted octanol–water partition coefficient (Wildman–Crippen LogP) is 1.75. The summed E-state index contributed by atoms with van der Waals surface area (Å²) in [5.74, 6) is 1.42. The van der Waals surface area contributed by atoms with E-state index in [2.05, 4.69) is 22.4 Å². The molecule has 0 aliphatic carbocycles. The van der Waals surface area contributed by atoms with Gasteiger partial charge in [0.25, 0.3) is 0 Å². The van der Waals surface area contributed by atoms with E-state index in [1.54, 1.807) is 0 Å². The number of likely N-dealkylation sites (N-methyl/N-ethyl adjacent to an activating group) is 1. The molecule has 3 rings (SSSR count). The summed E-state index contributed by atoms with van der Waals surface area (Å²) in [7, 11) is 1.92. The number of rotatable bonds is 3. The van der Waals surface area contributed by atoms with Crippen LogP contribution >= 0.6 is 0 Å². The van der Waals surface area contributed by atoms with Gasteiger partial charge in [-0.15, -0.1) is 0 Å². The monoisotopic (exact) mass is 259 g/mol. The van der Waals surface area contributed by atoms with Crippen molar-refractivity contribution in [3.05, 3.63) is 35.7 Å². The van der Waals surface area contributed by atoms with E-state index in [0.29, 0.717) is 24.9 Å². The summed E-state index contributed by atoms with van der Waals surface area (Å²) in [6.07, 6.45) is 0. The summed E-state index contributed by atoms with van der Waals surface area (Å²) in [6.45, 7) is 3.36. The van der Waals surface area contributed by atoms with E-state index in [1.807, 2.05) is 31.3 Å². The quantitative estimate of drug-likeness (QED) is 0.910. The van der Waals surface area contributed by atoms with Crippen molar-refractivity contribution in [1.29, 1.82) is 0 Å². The van der Waals surface area contributed by atoms with Crippen molar-refractivity contribution in [3.8, 4) is 11.4 Å². The first-order valence-corrected chi connectivity index (χ1v) is 6.43. The van der Waals surface area contributed by atoms with Gasteiger partial charge in [0, 0.05) is 11.6 Å². The van der Waals surface area contributed by atoms with Gasteiger partial charge in [0.1, 0.15) is 0 Å². The van der Waals surface area contributed by atoms with Gasteiger partial charge in [-0.25, -0.2) is 0 Å². The Labute approximate surface area is 112 Å². The summed E-state index contributed by atoms with van der Waals surface area (Å²) in [6, 6.07) is 8.34. The Bertz CT molecular complexity index is 550. The van der Waals surface area contributed by atoms with Crippen molar-refractivity contribution in [2.24, 2.45) is 0 Å². The Kier molecular flexibility index (Phi) is 3.31. The smallest absolute Gasteiger partial charge is 0.234 e. The van der Waals surface area contributed by atoms with Crippen molar-refractivity contribution >= 4 is 0 Å². The Morgan fingerprint density at radius 1 is 1.21 bits per heavy atom. The number of ether oxygens (including phenoxy) is 1. The molecule has 19 heavy (non-hydrogen) atoms. The van der Waals surface area contributed by atoms with Crippen LogP contribution in [0.2, 0.25) is 0 Å². The zero-order valence-electron chi connectivity index (χ0n) is 11.1. The van der Waals surface area contributed by atoms with Crippen LogP contribution in [0.25, 0.3) is 11.4 Å². The van der Waals surface area contributed by atoms with E-state index < -0.39 is 0 Å². The van der Waals surface area contributed by atoms with E-state index in [1.165, 1.54) is 5.56 Å². The average molecular weight is 259 g/mol. The molecular formula is C14H17N3O2. The first kappa shape index (κ1) is 12.3. The van der Waals surface area contributed by atoms with E-state index in [4.69, 9.17) is 9.26 Å². The van der Waals surface area contributed by atoms with Crippen LogP contribution in [0.3, 0.4) is 0 Å². The van der Waals surface area contributed by atoms with E-state index in [0.717, 1.165) is 5.56 Å². The minimum Gasteiger partial charge on any atom is -0.379 e. The van der Waals surface area contributed by atoms with E-state index in [-0.39, 0.29) is 12.0 Å². The largest absolute Gasteiger partial charge is 0.379 e. The third kappa shape index (κ3) is 2.39. The lowest BCUT2D eigenvalue weighted by Crippen LogP contribution is -2.31. The van der Waals surface area contributed by atoms with Crippen molar-refractivity contribution in [1.82, 2.24) is 15.5 Å². The Balaban J connectivity index is 1.85. The van der Waals surface area contributed by atoms with Gasteiger partial charge in [0.05, 0.1) is 19.1 Å². The third-order valence-electron chi connectivity index (χ3n) is 3.52. The summed E-state index contributed by atoms with van der Waals surface area (Å²) >= 11 is 0. The highest BCUT2D eigenvalue weighted by Gasteiger charge is 2.32. The van der Waals surface area contributed by atoms with Gasteiger partial charge in [-0.05, 0) is 14.0 Å². The SMILES string of the molecule is CNC1COCC1c1nc(-c2ccc(C)cc2)no1. The number of nitrogens with zero attached hydrogens (tertiary/aromatic N) is 2. The molecule has 1 aliphatic heterocycles. The third-order valence-corrected chi connectivity index (χ3v) is 3.52. The molecule has 0 saturated carbocycles. The Morgan fingerprint density at radius 2 is 2.00 bits per heavy atom. The van der Waals surface area contributed by atoms with Gasteiger partial charge in [0.15, 0.2) is 0 Å². The highest BCUT2D eigenvalue weighted by Crippen LogP contribution is 2.26. The summed E-state index contributed by atoms with van der Waals surface area (Å²) in [4.78, 5) is 4.49. The number of hydrogen-bond donors (Lipinski definition) is 1. The Morgan fingerprint density at radius 3 is 2.74 bits per heavy atom. The summed E-state index contributed by atoms with van der Waals surface area (Å²) < 4.78 is 10.8. The number of benzene rings is 1. The van der Waals surface area contributed by atoms with Crippen molar-refractivity contribution < 1.29 is 9.26 Å². The molecule has 2 unspecified atom stereocenters. The molecule has 0 radical (unpaired) electrons. The zero-order chi connectivity index (χ0) is 13.2. The first-order valence-electron chi connectivity index (χ1n) is 6.43. The van der Waals surface area contributed by atoms with Crippen LogP contribution in [0.5, 0.6) is 0 Å². The topological polar surface area (TPSA) is 60.2 Å². The molecule has 0 amide bonds. The van der Waals surface area contributed by atoms with Crippen LogP contribution in [0.1, 0.15) is 17.4 Å². The standard InChI is InChI=1S/C14H17N3O2/c1-9-3-5-10(6-4-9)13-16-14(19-17-13)11-7-18-8-12(11)15-2/h3-6,11-12,15H,7-8H2,1-2H3. The van der Waals surface area contributed by atoms with Gasteiger partial charge in [-0.1, -0.05) is 35.0 Å². The molecule has 5 nitrogen and oxygen atoms in total. The first-order chi connectivity index (χ1) is 9.28. The van der Waals surface area contributed by atoms with Gasteiger partial charge in [-0.3, -0.25) is 0 Å².